The number of urea groups is 1. The summed E-state index contributed by atoms with van der Waals surface area (Å²) in [7, 11) is 0. The first-order chi connectivity index (χ1) is 11.6. The highest BCUT2D eigenvalue weighted by Crippen LogP contribution is 2.05. The van der Waals surface area contributed by atoms with Gasteiger partial charge < -0.3 is 20.3 Å². The number of carbonyl (C=O) groups is 1. The fourth-order valence-electron chi connectivity index (χ4n) is 2.32. The van der Waals surface area contributed by atoms with Crippen LogP contribution in [0.1, 0.15) is 25.2 Å². The Morgan fingerprint density at radius 1 is 1.29 bits per heavy atom. The second kappa shape index (κ2) is 9.08. The van der Waals surface area contributed by atoms with E-state index in [1.807, 2.05) is 42.8 Å². The van der Waals surface area contributed by atoms with E-state index < -0.39 is 0 Å². The van der Waals surface area contributed by atoms with Gasteiger partial charge in [0.2, 0.25) is 0 Å². The number of aromatic nitrogens is 2. The van der Waals surface area contributed by atoms with E-state index in [-0.39, 0.29) is 24.6 Å². The second-order valence-electron chi connectivity index (χ2n) is 6.05. The lowest BCUT2D eigenvalue weighted by Gasteiger charge is -2.19. The molecule has 24 heavy (non-hydrogen) atoms. The van der Waals surface area contributed by atoms with E-state index in [1.54, 1.807) is 6.20 Å². The molecule has 0 aliphatic heterocycles. The topological polar surface area (TPSA) is 79.2 Å². The summed E-state index contributed by atoms with van der Waals surface area (Å²) in [4.78, 5) is 16.2. The highest BCUT2D eigenvalue weighted by atomic mass is 16.3. The van der Waals surface area contributed by atoms with E-state index in [2.05, 4.69) is 27.8 Å². The third-order valence-electron chi connectivity index (χ3n) is 4.19. The van der Waals surface area contributed by atoms with Gasteiger partial charge in [0.1, 0.15) is 5.82 Å². The SMILES string of the molecule is CC(CO)C(C)NC(=O)NCc1nccn1CCc1ccccc1. The van der Waals surface area contributed by atoms with Crippen molar-refractivity contribution >= 4 is 6.03 Å². The van der Waals surface area contributed by atoms with Gasteiger partial charge >= 0.3 is 6.03 Å². The highest BCUT2D eigenvalue weighted by molar-refractivity contribution is 5.74. The third-order valence-corrected chi connectivity index (χ3v) is 4.19. The molecular formula is C18H26N4O2. The minimum absolute atomic E-state index is 0.0172. The zero-order chi connectivity index (χ0) is 17.4. The Bertz CT molecular complexity index is 627. The van der Waals surface area contributed by atoms with E-state index in [0.29, 0.717) is 6.54 Å². The molecule has 0 fully saturated rings. The molecule has 0 aliphatic rings. The quantitative estimate of drug-likeness (QED) is 0.692. The molecule has 6 heteroatoms. The lowest BCUT2D eigenvalue weighted by molar-refractivity contribution is 0.200. The third kappa shape index (κ3) is 5.38. The number of hydrogen-bond acceptors (Lipinski definition) is 3. The number of carbonyl (C=O) groups excluding carboxylic acids is 1. The molecule has 0 saturated carbocycles. The normalized spacial score (nSPS) is 13.3. The van der Waals surface area contributed by atoms with Gasteiger partial charge in [-0.15, -0.1) is 0 Å². The van der Waals surface area contributed by atoms with Gasteiger partial charge in [-0.2, -0.15) is 0 Å². The van der Waals surface area contributed by atoms with Crippen LogP contribution in [0.3, 0.4) is 0 Å². The van der Waals surface area contributed by atoms with Gasteiger partial charge in [0.05, 0.1) is 6.54 Å². The molecule has 0 spiro atoms. The predicted octanol–water partition coefficient (Wildman–Crippen LogP) is 1.94. The number of hydrogen-bond donors (Lipinski definition) is 3. The van der Waals surface area contributed by atoms with E-state index >= 15 is 0 Å². The molecule has 3 N–H and O–H groups in total. The number of aliphatic hydroxyl groups excluding tert-OH is 1. The van der Waals surface area contributed by atoms with Crippen LogP contribution in [0.4, 0.5) is 4.79 Å². The van der Waals surface area contributed by atoms with Gasteiger partial charge in [0.25, 0.3) is 0 Å². The number of amides is 2. The summed E-state index contributed by atoms with van der Waals surface area (Å²) in [5, 5.41) is 14.7. The van der Waals surface area contributed by atoms with Crippen LogP contribution in [-0.2, 0) is 19.5 Å². The molecule has 6 nitrogen and oxygen atoms in total. The molecule has 2 unspecified atom stereocenters. The van der Waals surface area contributed by atoms with Crippen LogP contribution in [0.15, 0.2) is 42.7 Å². The summed E-state index contributed by atoms with van der Waals surface area (Å²) < 4.78 is 2.05. The predicted molar refractivity (Wildman–Crippen MR) is 93.5 cm³/mol. The molecule has 2 amide bonds. The van der Waals surface area contributed by atoms with Gasteiger partial charge in [-0.3, -0.25) is 0 Å². The summed E-state index contributed by atoms with van der Waals surface area (Å²) in [5.74, 6) is 0.840. The van der Waals surface area contributed by atoms with Crippen molar-refractivity contribution in [2.75, 3.05) is 6.61 Å². The van der Waals surface area contributed by atoms with Crippen LogP contribution in [-0.4, -0.2) is 33.3 Å². The van der Waals surface area contributed by atoms with Crippen molar-refractivity contribution in [1.82, 2.24) is 20.2 Å². The number of aliphatic hydroxyl groups is 1. The largest absolute Gasteiger partial charge is 0.396 e. The maximum absolute atomic E-state index is 11.9. The molecule has 2 rings (SSSR count). The molecule has 130 valence electrons. The van der Waals surface area contributed by atoms with E-state index in [9.17, 15) is 4.79 Å². The Hall–Kier alpha value is -2.34. The van der Waals surface area contributed by atoms with E-state index in [4.69, 9.17) is 5.11 Å². The summed E-state index contributed by atoms with van der Waals surface area (Å²) in [5.41, 5.74) is 1.27. The number of imidazole rings is 1. The number of benzene rings is 1. The smallest absolute Gasteiger partial charge is 0.315 e. The number of nitrogens with one attached hydrogen (secondary N) is 2. The fourth-order valence-corrected chi connectivity index (χ4v) is 2.32. The van der Waals surface area contributed by atoms with Crippen molar-refractivity contribution in [3.05, 3.63) is 54.1 Å². The highest BCUT2D eigenvalue weighted by Gasteiger charge is 2.14. The zero-order valence-corrected chi connectivity index (χ0v) is 14.3. The van der Waals surface area contributed by atoms with E-state index in [1.165, 1.54) is 5.56 Å². The Kier molecular flexibility index (Phi) is 6.81. The molecule has 2 atom stereocenters. The molecule has 1 heterocycles. The standard InChI is InChI=1S/C18H26N4O2/c1-14(13-23)15(2)21-18(24)20-12-17-19-9-11-22(17)10-8-16-6-4-3-5-7-16/h3-7,9,11,14-15,23H,8,10,12-13H2,1-2H3,(H2,20,21,24). The maximum atomic E-state index is 11.9. The first kappa shape index (κ1) is 18.0. The van der Waals surface area contributed by atoms with Gasteiger partial charge in [-0.25, -0.2) is 9.78 Å². The van der Waals surface area contributed by atoms with Crippen molar-refractivity contribution in [2.24, 2.45) is 5.92 Å². The molecule has 0 saturated heterocycles. The molecular weight excluding hydrogens is 304 g/mol. The average Bonchev–Trinajstić information content (AvgIpc) is 3.05. The van der Waals surface area contributed by atoms with E-state index in [0.717, 1.165) is 18.8 Å². The lowest BCUT2D eigenvalue weighted by atomic mass is 10.1. The summed E-state index contributed by atoms with van der Waals surface area (Å²) >= 11 is 0. The molecule has 1 aromatic carbocycles. The monoisotopic (exact) mass is 330 g/mol. The van der Waals surface area contributed by atoms with Gasteiger partial charge in [-0.05, 0) is 24.8 Å². The summed E-state index contributed by atoms with van der Waals surface area (Å²) in [6.07, 6.45) is 4.59. The lowest BCUT2D eigenvalue weighted by Crippen LogP contribution is -2.44. The van der Waals surface area contributed by atoms with Crippen molar-refractivity contribution in [3.63, 3.8) is 0 Å². The first-order valence-corrected chi connectivity index (χ1v) is 8.29. The van der Waals surface area contributed by atoms with Crippen LogP contribution in [0.25, 0.3) is 0 Å². The van der Waals surface area contributed by atoms with Gasteiger partial charge in [-0.1, -0.05) is 37.3 Å². The number of nitrogens with zero attached hydrogens (tertiary/aromatic N) is 2. The zero-order valence-electron chi connectivity index (χ0n) is 14.3. The van der Waals surface area contributed by atoms with Crippen LogP contribution in [0, 0.1) is 5.92 Å². The number of aryl methyl sites for hydroxylation is 2. The van der Waals surface area contributed by atoms with Gasteiger partial charge in [0, 0.05) is 31.6 Å². The summed E-state index contributed by atoms with van der Waals surface area (Å²) in [6.45, 7) is 5.00. The molecule has 0 aliphatic carbocycles. The maximum Gasteiger partial charge on any atom is 0.315 e. The fraction of sp³-hybridized carbons (Fsp3) is 0.444. The molecule has 2 aromatic rings. The minimum Gasteiger partial charge on any atom is -0.396 e. The molecule has 0 bridgehead atoms. The minimum atomic E-state index is -0.250. The molecule has 1 aromatic heterocycles. The number of rotatable bonds is 8. The van der Waals surface area contributed by atoms with Crippen molar-refractivity contribution in [3.8, 4) is 0 Å². The Morgan fingerprint density at radius 3 is 2.75 bits per heavy atom. The van der Waals surface area contributed by atoms with Crippen LogP contribution >= 0.6 is 0 Å². The van der Waals surface area contributed by atoms with Crippen molar-refractivity contribution < 1.29 is 9.90 Å². The van der Waals surface area contributed by atoms with Crippen LogP contribution in [0.5, 0.6) is 0 Å². The Balaban J connectivity index is 1.81. The Labute approximate surface area is 142 Å². The van der Waals surface area contributed by atoms with Crippen LogP contribution < -0.4 is 10.6 Å². The second-order valence-corrected chi connectivity index (χ2v) is 6.05. The Morgan fingerprint density at radius 2 is 2.04 bits per heavy atom. The average molecular weight is 330 g/mol. The van der Waals surface area contributed by atoms with Crippen LogP contribution in [0.2, 0.25) is 0 Å². The van der Waals surface area contributed by atoms with Crippen molar-refractivity contribution in [1.29, 1.82) is 0 Å². The first-order valence-electron chi connectivity index (χ1n) is 8.29. The molecule has 0 radical (unpaired) electrons. The van der Waals surface area contributed by atoms with Crippen molar-refractivity contribution in [2.45, 2.75) is 39.4 Å². The van der Waals surface area contributed by atoms with Gasteiger partial charge in [0.15, 0.2) is 0 Å². The summed E-state index contributed by atoms with van der Waals surface area (Å²) in [6, 6.07) is 9.94.